The largest absolute Gasteiger partial charge is 0.362 e. The standard InChI is InChI=1S/C26H31N5O2/c1-19(2)24-29-15-21(16-30-24)17-31-12-13-33-26(18-31,25(32)27-3)14-20-4-6-22(7-5-20)23-8-10-28-11-9-23/h4-11,15-16,19H,12-14,17-18H2,1-3H3,(H,27,32)/t26-/m1/s1. The molecule has 4 rings (SSSR count). The molecule has 7 nitrogen and oxygen atoms in total. The number of carbonyl (C=O) groups excluding carboxylic acids is 1. The topological polar surface area (TPSA) is 80.2 Å². The van der Waals surface area contributed by atoms with Crippen molar-refractivity contribution in [2.45, 2.75) is 38.3 Å². The van der Waals surface area contributed by atoms with Gasteiger partial charge < -0.3 is 10.1 Å². The van der Waals surface area contributed by atoms with Gasteiger partial charge >= 0.3 is 0 Å². The van der Waals surface area contributed by atoms with E-state index in [0.717, 1.165) is 34.6 Å². The number of aromatic nitrogens is 3. The predicted octanol–water partition coefficient (Wildman–Crippen LogP) is 3.22. The Morgan fingerprint density at radius 3 is 2.36 bits per heavy atom. The molecule has 0 aliphatic carbocycles. The Kier molecular flexibility index (Phi) is 7.11. The van der Waals surface area contributed by atoms with Gasteiger partial charge in [-0.15, -0.1) is 0 Å². The van der Waals surface area contributed by atoms with E-state index in [1.807, 2.05) is 24.5 Å². The van der Waals surface area contributed by atoms with Crippen LogP contribution < -0.4 is 5.32 Å². The maximum Gasteiger partial charge on any atom is 0.253 e. The van der Waals surface area contributed by atoms with E-state index < -0.39 is 5.60 Å². The van der Waals surface area contributed by atoms with Crippen molar-refractivity contribution in [3.8, 4) is 11.1 Å². The van der Waals surface area contributed by atoms with Crippen molar-refractivity contribution in [1.29, 1.82) is 0 Å². The third-order valence-corrected chi connectivity index (χ3v) is 6.01. The normalized spacial score (nSPS) is 18.9. The molecule has 1 aliphatic heterocycles. The zero-order valence-electron chi connectivity index (χ0n) is 19.5. The molecule has 1 amide bonds. The quantitative estimate of drug-likeness (QED) is 0.602. The van der Waals surface area contributed by atoms with Crippen LogP contribution in [-0.2, 0) is 22.5 Å². The van der Waals surface area contributed by atoms with Gasteiger partial charge in [0.1, 0.15) is 5.82 Å². The van der Waals surface area contributed by atoms with Gasteiger partial charge in [0.05, 0.1) is 6.61 Å². The van der Waals surface area contributed by atoms with Gasteiger partial charge in [0.15, 0.2) is 5.60 Å². The molecule has 172 valence electrons. The summed E-state index contributed by atoms with van der Waals surface area (Å²) in [6, 6.07) is 12.3. The van der Waals surface area contributed by atoms with Gasteiger partial charge in [-0.25, -0.2) is 9.97 Å². The van der Waals surface area contributed by atoms with Crippen LogP contribution in [0.25, 0.3) is 11.1 Å². The summed E-state index contributed by atoms with van der Waals surface area (Å²) < 4.78 is 6.16. The summed E-state index contributed by atoms with van der Waals surface area (Å²) in [5.74, 6) is 1.04. The summed E-state index contributed by atoms with van der Waals surface area (Å²) in [6.07, 6.45) is 7.85. The fourth-order valence-corrected chi connectivity index (χ4v) is 4.24. The number of carbonyl (C=O) groups is 1. The summed E-state index contributed by atoms with van der Waals surface area (Å²) in [4.78, 5) is 28.3. The zero-order valence-corrected chi connectivity index (χ0v) is 19.5. The third kappa shape index (κ3) is 5.43. The Hall–Kier alpha value is -3.16. The van der Waals surface area contributed by atoms with Gasteiger partial charge in [0.2, 0.25) is 0 Å². The van der Waals surface area contributed by atoms with Gasteiger partial charge in [-0.2, -0.15) is 0 Å². The SMILES string of the molecule is CNC(=O)[C@@]1(Cc2ccc(-c3ccncc3)cc2)CN(Cc2cnc(C(C)C)nc2)CCO1. The maximum atomic E-state index is 13.0. The minimum absolute atomic E-state index is 0.100. The molecule has 0 spiro atoms. The van der Waals surface area contributed by atoms with E-state index in [2.05, 4.69) is 63.3 Å². The van der Waals surface area contributed by atoms with Crippen molar-refractivity contribution in [2.24, 2.45) is 0 Å². The first-order valence-electron chi connectivity index (χ1n) is 11.4. The number of ether oxygens (including phenoxy) is 1. The Balaban J connectivity index is 1.50. The Bertz CT molecular complexity index is 1050. The second-order valence-electron chi connectivity index (χ2n) is 8.85. The van der Waals surface area contributed by atoms with E-state index in [4.69, 9.17) is 4.74 Å². The Labute approximate surface area is 195 Å². The van der Waals surface area contributed by atoms with E-state index in [9.17, 15) is 4.79 Å². The molecule has 7 heteroatoms. The number of morpholine rings is 1. The predicted molar refractivity (Wildman–Crippen MR) is 128 cm³/mol. The molecular formula is C26H31N5O2. The first-order chi connectivity index (χ1) is 16.0. The lowest BCUT2D eigenvalue weighted by Crippen LogP contribution is -2.60. The molecule has 1 saturated heterocycles. The molecular weight excluding hydrogens is 414 g/mol. The van der Waals surface area contributed by atoms with Crippen molar-refractivity contribution in [3.63, 3.8) is 0 Å². The number of hydrogen-bond donors (Lipinski definition) is 1. The van der Waals surface area contributed by atoms with E-state index >= 15 is 0 Å². The van der Waals surface area contributed by atoms with Crippen LogP contribution in [0.5, 0.6) is 0 Å². The monoisotopic (exact) mass is 445 g/mol. The molecule has 0 unspecified atom stereocenters. The second-order valence-corrected chi connectivity index (χ2v) is 8.85. The van der Waals surface area contributed by atoms with Gasteiger partial charge in [0.25, 0.3) is 5.91 Å². The lowest BCUT2D eigenvalue weighted by atomic mass is 9.90. The number of likely N-dealkylation sites (N-methyl/N-ethyl adjacent to an activating group) is 1. The Morgan fingerprint density at radius 1 is 1.06 bits per heavy atom. The van der Waals surface area contributed by atoms with Crippen molar-refractivity contribution < 1.29 is 9.53 Å². The maximum absolute atomic E-state index is 13.0. The number of nitrogens with zero attached hydrogens (tertiary/aromatic N) is 4. The second kappa shape index (κ2) is 10.2. The van der Waals surface area contributed by atoms with Crippen LogP contribution in [0.1, 0.15) is 36.7 Å². The molecule has 33 heavy (non-hydrogen) atoms. The smallest absolute Gasteiger partial charge is 0.253 e. The highest BCUT2D eigenvalue weighted by Crippen LogP contribution is 2.27. The minimum atomic E-state index is -0.941. The van der Waals surface area contributed by atoms with Crippen LogP contribution in [0.15, 0.2) is 61.2 Å². The van der Waals surface area contributed by atoms with Crippen LogP contribution in [-0.4, -0.2) is 58.1 Å². The fraction of sp³-hybridized carbons (Fsp3) is 0.385. The number of pyridine rings is 1. The number of benzene rings is 1. The lowest BCUT2D eigenvalue weighted by Gasteiger charge is -2.41. The van der Waals surface area contributed by atoms with Gasteiger partial charge in [-0.1, -0.05) is 38.1 Å². The summed E-state index contributed by atoms with van der Waals surface area (Å²) in [5.41, 5.74) is 3.38. The van der Waals surface area contributed by atoms with Gasteiger partial charge in [-0.3, -0.25) is 14.7 Å². The van der Waals surface area contributed by atoms with Crippen molar-refractivity contribution in [1.82, 2.24) is 25.2 Å². The molecule has 1 aliphatic rings. The van der Waals surface area contributed by atoms with E-state index in [1.165, 1.54) is 0 Å². The summed E-state index contributed by atoms with van der Waals surface area (Å²) >= 11 is 0. The van der Waals surface area contributed by atoms with Crippen LogP contribution in [0.4, 0.5) is 0 Å². The lowest BCUT2D eigenvalue weighted by molar-refractivity contribution is -0.160. The van der Waals surface area contributed by atoms with Crippen molar-refractivity contribution in [3.05, 3.63) is 78.1 Å². The molecule has 2 aromatic heterocycles. The summed E-state index contributed by atoms with van der Waals surface area (Å²) in [6.45, 7) is 6.60. The number of amides is 1. The van der Waals surface area contributed by atoms with Crippen molar-refractivity contribution >= 4 is 5.91 Å². The van der Waals surface area contributed by atoms with E-state index in [0.29, 0.717) is 32.0 Å². The van der Waals surface area contributed by atoms with Gasteiger partial charge in [0, 0.05) is 69.4 Å². The van der Waals surface area contributed by atoms with E-state index in [-0.39, 0.29) is 5.91 Å². The first kappa shape index (κ1) is 23.0. The van der Waals surface area contributed by atoms with Gasteiger partial charge in [-0.05, 0) is 28.8 Å². The molecule has 0 bridgehead atoms. The van der Waals surface area contributed by atoms with Crippen LogP contribution in [0.2, 0.25) is 0 Å². The highest BCUT2D eigenvalue weighted by molar-refractivity contribution is 5.86. The van der Waals surface area contributed by atoms with Crippen LogP contribution in [0, 0.1) is 0 Å². The molecule has 1 fully saturated rings. The fourth-order valence-electron chi connectivity index (χ4n) is 4.24. The Morgan fingerprint density at radius 2 is 1.73 bits per heavy atom. The highest BCUT2D eigenvalue weighted by atomic mass is 16.5. The number of nitrogens with one attached hydrogen (secondary N) is 1. The van der Waals surface area contributed by atoms with Crippen LogP contribution >= 0.6 is 0 Å². The van der Waals surface area contributed by atoms with Crippen molar-refractivity contribution in [2.75, 3.05) is 26.7 Å². The zero-order chi connectivity index (χ0) is 23.3. The summed E-state index contributed by atoms with van der Waals surface area (Å²) in [7, 11) is 1.66. The molecule has 3 aromatic rings. The summed E-state index contributed by atoms with van der Waals surface area (Å²) in [5, 5.41) is 2.82. The third-order valence-electron chi connectivity index (χ3n) is 6.01. The molecule has 0 saturated carbocycles. The molecule has 1 atom stereocenters. The van der Waals surface area contributed by atoms with E-state index in [1.54, 1.807) is 19.4 Å². The highest BCUT2D eigenvalue weighted by Gasteiger charge is 2.43. The molecule has 1 aromatic carbocycles. The average molecular weight is 446 g/mol. The molecule has 0 radical (unpaired) electrons. The van der Waals surface area contributed by atoms with Crippen LogP contribution in [0.3, 0.4) is 0 Å². The molecule has 3 heterocycles. The first-order valence-corrected chi connectivity index (χ1v) is 11.4. The number of hydrogen-bond acceptors (Lipinski definition) is 6. The minimum Gasteiger partial charge on any atom is -0.362 e. The number of rotatable bonds is 7. The average Bonchev–Trinajstić information content (AvgIpc) is 2.85. The molecule has 1 N–H and O–H groups in total.